The third kappa shape index (κ3) is 8.04. The number of hydroxylamine groups is 1. The molecule has 0 aliphatic rings. The second-order valence-corrected chi connectivity index (χ2v) is 9.57. The van der Waals surface area contributed by atoms with Crippen LogP contribution in [0, 0.1) is 0 Å². The Morgan fingerprint density at radius 3 is 2.13 bits per heavy atom. The van der Waals surface area contributed by atoms with Gasteiger partial charge >= 0.3 is 6.09 Å². The molecule has 2 aromatic rings. The summed E-state index contributed by atoms with van der Waals surface area (Å²) in [5.41, 5.74) is -0.537. The van der Waals surface area contributed by atoms with Crippen molar-refractivity contribution in [1.82, 2.24) is 9.79 Å². The Morgan fingerprint density at radius 2 is 1.53 bits per heavy atom. The number of ether oxygens (including phenoxy) is 1. The van der Waals surface area contributed by atoms with Gasteiger partial charge < -0.3 is 14.9 Å². The summed E-state index contributed by atoms with van der Waals surface area (Å²) in [6.45, 7) is 6.07. The fourth-order valence-corrected chi connectivity index (χ4v) is 3.86. The van der Waals surface area contributed by atoms with Crippen molar-refractivity contribution in [3.05, 3.63) is 60.7 Å². The Hall–Kier alpha value is -2.58. The topological polar surface area (TPSA) is 84.9 Å². The number of amides is 1. The normalized spacial score (nSPS) is 11.9. The summed E-state index contributed by atoms with van der Waals surface area (Å²) in [6, 6.07) is 17.0. The van der Waals surface area contributed by atoms with E-state index < -0.39 is 21.7 Å². The predicted molar refractivity (Wildman–Crippen MR) is 115 cm³/mol. The maximum absolute atomic E-state index is 13.0. The van der Waals surface area contributed by atoms with E-state index in [0.717, 1.165) is 10.9 Å². The van der Waals surface area contributed by atoms with E-state index in [1.165, 1.54) is 0 Å². The summed E-state index contributed by atoms with van der Waals surface area (Å²) >= 11 is 0. The van der Waals surface area contributed by atoms with E-state index in [4.69, 9.17) is 9.57 Å². The number of nitrogens with one attached hydrogen (secondary N) is 1. The molecule has 0 bridgehead atoms. The third-order valence-electron chi connectivity index (χ3n) is 3.95. The highest BCUT2D eigenvalue weighted by Crippen LogP contribution is 2.20. The highest BCUT2D eigenvalue weighted by atomic mass is 32.2. The number of carbonyl (C=O) groups excluding carboxylic acids is 1. The number of hydrogen-bond acceptors (Lipinski definition) is 5. The second-order valence-electron chi connectivity index (χ2n) is 7.74. The van der Waals surface area contributed by atoms with Crippen molar-refractivity contribution in [3.8, 4) is 5.75 Å². The fourth-order valence-electron chi connectivity index (χ4n) is 2.57. The Morgan fingerprint density at radius 1 is 0.933 bits per heavy atom. The molecule has 0 radical (unpaired) electrons. The van der Waals surface area contributed by atoms with Gasteiger partial charge in [0.1, 0.15) is 11.4 Å². The lowest BCUT2D eigenvalue weighted by molar-refractivity contribution is 0.0342. The molecule has 0 saturated carbocycles. The van der Waals surface area contributed by atoms with Gasteiger partial charge in [0.15, 0.2) is 0 Å². The lowest BCUT2D eigenvalue weighted by Crippen LogP contribution is -2.35. The maximum atomic E-state index is 13.0. The van der Waals surface area contributed by atoms with E-state index in [1.807, 2.05) is 6.07 Å². The molecule has 2 rings (SSSR count). The van der Waals surface area contributed by atoms with Crippen LogP contribution >= 0.6 is 0 Å². The molecule has 164 valence electrons. The van der Waals surface area contributed by atoms with Crippen LogP contribution < -0.4 is 10.2 Å². The first kappa shape index (κ1) is 23.7. The van der Waals surface area contributed by atoms with Crippen molar-refractivity contribution in [2.24, 2.45) is 0 Å². The second kappa shape index (κ2) is 11.0. The van der Waals surface area contributed by atoms with Gasteiger partial charge in [-0.1, -0.05) is 42.8 Å². The summed E-state index contributed by atoms with van der Waals surface area (Å²) in [7, 11) is -3.80. The van der Waals surface area contributed by atoms with Crippen LogP contribution in [0.1, 0.15) is 40.0 Å². The minimum atomic E-state index is -3.80. The highest BCUT2D eigenvalue weighted by molar-refractivity contribution is 7.89. The monoisotopic (exact) mass is 434 g/mol. The number of alkyl carbamates (subject to hydrolysis) is 1. The Bertz CT molecular complexity index is 881. The van der Waals surface area contributed by atoms with Gasteiger partial charge in [0.2, 0.25) is 0 Å². The van der Waals surface area contributed by atoms with Crippen molar-refractivity contribution in [3.63, 3.8) is 0 Å². The minimum Gasteiger partial charge on any atom is -0.444 e. The van der Waals surface area contributed by atoms with Gasteiger partial charge in [0.05, 0.1) is 11.4 Å². The zero-order chi connectivity index (χ0) is 22.0. The van der Waals surface area contributed by atoms with Crippen molar-refractivity contribution in [1.29, 1.82) is 0 Å². The molecule has 30 heavy (non-hydrogen) atoms. The number of sulfonamides is 1. The van der Waals surface area contributed by atoms with Crippen LogP contribution in [0.2, 0.25) is 0 Å². The molecule has 0 spiro atoms. The molecule has 0 saturated heterocycles. The smallest absolute Gasteiger partial charge is 0.407 e. The summed E-state index contributed by atoms with van der Waals surface area (Å²) < 4.78 is 32.2. The molecule has 0 unspecified atom stereocenters. The standard InChI is InChI=1S/C22H30N2O5S/c1-22(2,3)28-21(25)23-17-11-6-12-18-24(29-19-13-7-4-8-14-19)30(26,27)20-15-9-5-10-16-20/h4-5,7-10,13-16H,6,11-12,17-18H2,1-3H3,(H,23,25). The molecule has 2 aromatic carbocycles. The van der Waals surface area contributed by atoms with Gasteiger partial charge in [0, 0.05) is 6.54 Å². The van der Waals surface area contributed by atoms with Crippen LogP contribution in [0.3, 0.4) is 0 Å². The van der Waals surface area contributed by atoms with Crippen LogP contribution in [0.5, 0.6) is 5.75 Å². The van der Waals surface area contributed by atoms with Gasteiger partial charge in [0.25, 0.3) is 10.0 Å². The number of nitrogens with zero attached hydrogens (tertiary/aromatic N) is 1. The molecule has 1 amide bonds. The van der Waals surface area contributed by atoms with Crippen LogP contribution in [0.25, 0.3) is 0 Å². The van der Waals surface area contributed by atoms with E-state index in [0.29, 0.717) is 25.1 Å². The first-order valence-corrected chi connectivity index (χ1v) is 11.4. The number of benzene rings is 2. The number of rotatable bonds is 10. The predicted octanol–water partition coefficient (Wildman–Crippen LogP) is 4.37. The van der Waals surface area contributed by atoms with Gasteiger partial charge in [-0.25, -0.2) is 13.2 Å². The molecule has 0 aromatic heterocycles. The number of para-hydroxylation sites is 1. The van der Waals surface area contributed by atoms with Crippen molar-refractivity contribution in [2.75, 3.05) is 13.1 Å². The van der Waals surface area contributed by atoms with Crippen molar-refractivity contribution >= 4 is 16.1 Å². The average molecular weight is 435 g/mol. The Labute approximate surface area is 179 Å². The lowest BCUT2D eigenvalue weighted by Gasteiger charge is -2.22. The first-order valence-electron chi connectivity index (χ1n) is 9.96. The molecule has 0 aliphatic carbocycles. The van der Waals surface area contributed by atoms with Gasteiger partial charge in [-0.15, -0.1) is 0 Å². The molecule has 1 N–H and O–H groups in total. The minimum absolute atomic E-state index is 0.174. The Balaban J connectivity index is 1.90. The molecule has 0 aliphatic heterocycles. The molecule has 7 nitrogen and oxygen atoms in total. The lowest BCUT2D eigenvalue weighted by atomic mass is 10.2. The number of unbranched alkanes of at least 4 members (excludes halogenated alkanes) is 2. The van der Waals surface area contributed by atoms with E-state index in [1.54, 1.807) is 75.4 Å². The maximum Gasteiger partial charge on any atom is 0.407 e. The van der Waals surface area contributed by atoms with E-state index in [9.17, 15) is 13.2 Å². The van der Waals surface area contributed by atoms with Gasteiger partial charge in [-0.2, -0.15) is 0 Å². The fraction of sp³-hybridized carbons (Fsp3) is 0.409. The summed E-state index contributed by atoms with van der Waals surface area (Å²) in [4.78, 5) is 17.5. The largest absolute Gasteiger partial charge is 0.444 e. The molecular weight excluding hydrogens is 404 g/mol. The van der Waals surface area contributed by atoms with Gasteiger partial charge in [-0.05, 0) is 62.3 Å². The van der Waals surface area contributed by atoms with Crippen molar-refractivity contribution in [2.45, 2.75) is 50.5 Å². The van der Waals surface area contributed by atoms with E-state index in [-0.39, 0.29) is 11.4 Å². The molecule has 0 heterocycles. The van der Waals surface area contributed by atoms with Crippen LogP contribution in [-0.2, 0) is 14.8 Å². The van der Waals surface area contributed by atoms with E-state index >= 15 is 0 Å². The Kier molecular flexibility index (Phi) is 8.68. The van der Waals surface area contributed by atoms with E-state index in [2.05, 4.69) is 5.32 Å². The summed E-state index contributed by atoms with van der Waals surface area (Å²) in [6.07, 6.45) is 1.54. The first-order chi connectivity index (χ1) is 14.2. The zero-order valence-electron chi connectivity index (χ0n) is 17.7. The van der Waals surface area contributed by atoms with Crippen LogP contribution in [0.15, 0.2) is 65.6 Å². The molecular formula is C22H30N2O5S. The summed E-state index contributed by atoms with van der Waals surface area (Å²) in [5.74, 6) is 0.448. The van der Waals surface area contributed by atoms with Gasteiger partial charge in [-0.3, -0.25) is 0 Å². The van der Waals surface area contributed by atoms with Crippen LogP contribution in [0.4, 0.5) is 4.79 Å². The molecule has 0 fully saturated rings. The quantitative estimate of drug-likeness (QED) is 0.443. The molecule has 8 heteroatoms. The third-order valence-corrected chi connectivity index (χ3v) is 5.61. The summed E-state index contributed by atoms with van der Waals surface area (Å²) in [5, 5.41) is 2.70. The zero-order valence-corrected chi connectivity index (χ0v) is 18.5. The van der Waals surface area contributed by atoms with Crippen molar-refractivity contribution < 1.29 is 22.8 Å². The SMILES string of the molecule is CC(C)(C)OC(=O)NCCCCCN(Oc1ccccc1)S(=O)(=O)c1ccccc1. The average Bonchev–Trinajstić information content (AvgIpc) is 2.69. The number of carbonyl (C=O) groups is 1. The number of hydrogen-bond donors (Lipinski definition) is 1. The van der Waals surface area contributed by atoms with Crippen LogP contribution in [-0.4, -0.2) is 37.7 Å². The molecule has 0 atom stereocenters. The highest BCUT2D eigenvalue weighted by Gasteiger charge is 2.26.